The summed E-state index contributed by atoms with van der Waals surface area (Å²) in [6, 6.07) is 6.25. The predicted molar refractivity (Wildman–Crippen MR) is 102 cm³/mol. The summed E-state index contributed by atoms with van der Waals surface area (Å²) in [5.74, 6) is -2.58. The van der Waals surface area contributed by atoms with Gasteiger partial charge in [0.15, 0.2) is 0 Å². The zero-order chi connectivity index (χ0) is 23.2. The molecular formula is C19H18F4N2O5S. The summed E-state index contributed by atoms with van der Waals surface area (Å²) >= 11 is 0. The highest BCUT2D eigenvalue weighted by molar-refractivity contribution is 7.92. The van der Waals surface area contributed by atoms with Gasteiger partial charge >= 0.3 is 12.1 Å². The lowest BCUT2D eigenvalue weighted by Gasteiger charge is -2.12. The minimum Gasteiger partial charge on any atom is -0.466 e. The molecule has 0 heterocycles. The number of ether oxygens (including phenoxy) is 1. The lowest BCUT2D eigenvalue weighted by molar-refractivity contribution is -0.143. The summed E-state index contributed by atoms with van der Waals surface area (Å²) < 4.78 is 83.2. The Labute approximate surface area is 175 Å². The molecule has 0 aliphatic rings. The molecule has 2 N–H and O–H groups in total. The third-order valence-corrected chi connectivity index (χ3v) is 5.27. The number of halogens is 4. The van der Waals surface area contributed by atoms with Crippen molar-refractivity contribution in [2.24, 2.45) is 0 Å². The van der Waals surface area contributed by atoms with Gasteiger partial charge in [0.1, 0.15) is 5.82 Å². The molecule has 0 radical (unpaired) electrons. The van der Waals surface area contributed by atoms with Crippen LogP contribution in [-0.4, -0.2) is 33.4 Å². The first-order valence-electron chi connectivity index (χ1n) is 8.87. The molecule has 0 aromatic heterocycles. The number of hydrogen-bond acceptors (Lipinski definition) is 5. The summed E-state index contributed by atoms with van der Waals surface area (Å²) in [5, 5.41) is 2.47. The molecule has 2 rings (SSSR count). The lowest BCUT2D eigenvalue weighted by atomic mass is 10.2. The van der Waals surface area contributed by atoms with Gasteiger partial charge in [-0.05, 0) is 49.4 Å². The molecule has 0 saturated heterocycles. The Morgan fingerprint density at radius 2 is 1.71 bits per heavy atom. The molecule has 12 heteroatoms. The van der Waals surface area contributed by atoms with Crippen molar-refractivity contribution in [3.05, 3.63) is 59.4 Å². The van der Waals surface area contributed by atoms with E-state index in [0.29, 0.717) is 12.1 Å². The molecular weight excluding hydrogens is 444 g/mol. The van der Waals surface area contributed by atoms with E-state index in [1.54, 1.807) is 6.92 Å². The largest absolute Gasteiger partial charge is 0.466 e. The van der Waals surface area contributed by atoms with E-state index in [0.717, 1.165) is 18.2 Å². The first kappa shape index (κ1) is 24.1. The van der Waals surface area contributed by atoms with E-state index in [1.165, 1.54) is 12.1 Å². The number of sulfonamides is 1. The van der Waals surface area contributed by atoms with E-state index < -0.39 is 45.1 Å². The second-order valence-corrected chi connectivity index (χ2v) is 7.82. The number of alkyl halides is 3. The van der Waals surface area contributed by atoms with Crippen molar-refractivity contribution in [1.29, 1.82) is 0 Å². The third-order valence-electron chi connectivity index (χ3n) is 3.87. The van der Waals surface area contributed by atoms with Gasteiger partial charge < -0.3 is 10.1 Å². The summed E-state index contributed by atoms with van der Waals surface area (Å²) in [5.41, 5.74) is -1.99. The van der Waals surface area contributed by atoms with E-state index in [1.807, 2.05) is 4.72 Å². The standard InChI is InChI=1S/C19H18F4N2O5S/c1-2-30-17(26)9-10-24-18(27)12-3-6-14(7-4-12)31(28,29)25-13-5-8-16(20)15(11-13)19(21,22)23/h3-8,11,25H,2,9-10H2,1H3,(H,24,27). The van der Waals surface area contributed by atoms with Crippen LogP contribution < -0.4 is 10.0 Å². The number of carbonyl (C=O) groups excluding carboxylic acids is 2. The number of esters is 1. The van der Waals surface area contributed by atoms with Crippen LogP contribution in [0.3, 0.4) is 0 Å². The molecule has 0 aliphatic carbocycles. The molecule has 0 aliphatic heterocycles. The average Bonchev–Trinajstić information content (AvgIpc) is 2.68. The fourth-order valence-corrected chi connectivity index (χ4v) is 3.47. The van der Waals surface area contributed by atoms with Crippen molar-refractivity contribution in [3.63, 3.8) is 0 Å². The number of hydrogen-bond donors (Lipinski definition) is 2. The van der Waals surface area contributed by atoms with Crippen molar-refractivity contribution in [1.82, 2.24) is 5.32 Å². The number of anilines is 1. The summed E-state index contributed by atoms with van der Waals surface area (Å²) in [4.78, 5) is 22.9. The fourth-order valence-electron chi connectivity index (χ4n) is 2.42. The first-order valence-corrected chi connectivity index (χ1v) is 10.4. The minimum absolute atomic E-state index is 0.0192. The smallest absolute Gasteiger partial charge is 0.419 e. The topological polar surface area (TPSA) is 102 Å². The van der Waals surface area contributed by atoms with Crippen LogP contribution in [0.15, 0.2) is 47.4 Å². The van der Waals surface area contributed by atoms with Crippen LogP contribution in [0.4, 0.5) is 23.2 Å². The molecule has 0 bridgehead atoms. The van der Waals surface area contributed by atoms with Crippen LogP contribution in [0.2, 0.25) is 0 Å². The highest BCUT2D eigenvalue weighted by Crippen LogP contribution is 2.33. The van der Waals surface area contributed by atoms with Crippen LogP contribution in [0, 0.1) is 5.82 Å². The molecule has 0 unspecified atom stereocenters. The van der Waals surface area contributed by atoms with Gasteiger partial charge in [0, 0.05) is 17.8 Å². The summed E-state index contributed by atoms with van der Waals surface area (Å²) in [7, 11) is -4.30. The van der Waals surface area contributed by atoms with E-state index in [2.05, 4.69) is 5.32 Å². The molecule has 0 saturated carbocycles. The molecule has 2 aromatic rings. The second kappa shape index (κ2) is 9.77. The van der Waals surface area contributed by atoms with Gasteiger partial charge in [0.2, 0.25) is 0 Å². The Kier molecular flexibility index (Phi) is 7.60. The SMILES string of the molecule is CCOC(=O)CCNC(=O)c1ccc(S(=O)(=O)Nc2ccc(F)c(C(F)(F)F)c2)cc1. The van der Waals surface area contributed by atoms with Crippen LogP contribution in [0.5, 0.6) is 0 Å². The highest BCUT2D eigenvalue weighted by atomic mass is 32.2. The number of amides is 1. The Hall–Kier alpha value is -3.15. The van der Waals surface area contributed by atoms with E-state index in [4.69, 9.17) is 4.74 Å². The minimum atomic E-state index is -4.99. The van der Waals surface area contributed by atoms with Gasteiger partial charge in [-0.15, -0.1) is 0 Å². The Balaban J connectivity index is 2.08. The summed E-state index contributed by atoms with van der Waals surface area (Å²) in [6.45, 7) is 1.88. The molecule has 7 nitrogen and oxygen atoms in total. The number of rotatable bonds is 8. The maximum Gasteiger partial charge on any atom is 0.419 e. The van der Waals surface area contributed by atoms with Gasteiger partial charge in [-0.3, -0.25) is 14.3 Å². The van der Waals surface area contributed by atoms with Crippen LogP contribution in [0.1, 0.15) is 29.3 Å². The molecule has 0 atom stereocenters. The van der Waals surface area contributed by atoms with E-state index in [-0.39, 0.29) is 30.0 Å². The predicted octanol–water partition coefficient (Wildman–Crippen LogP) is 3.33. The zero-order valence-electron chi connectivity index (χ0n) is 16.1. The molecule has 31 heavy (non-hydrogen) atoms. The molecule has 0 fully saturated rings. The average molecular weight is 462 g/mol. The Morgan fingerprint density at radius 3 is 2.29 bits per heavy atom. The second-order valence-electron chi connectivity index (χ2n) is 6.13. The van der Waals surface area contributed by atoms with Crippen molar-refractivity contribution in [2.75, 3.05) is 17.9 Å². The number of nitrogens with one attached hydrogen (secondary N) is 2. The van der Waals surface area contributed by atoms with E-state index in [9.17, 15) is 35.6 Å². The first-order chi connectivity index (χ1) is 14.4. The number of benzene rings is 2. The van der Waals surface area contributed by atoms with Crippen molar-refractivity contribution < 1.29 is 40.3 Å². The highest BCUT2D eigenvalue weighted by Gasteiger charge is 2.34. The molecule has 1 amide bonds. The van der Waals surface area contributed by atoms with Crippen LogP contribution in [-0.2, 0) is 25.7 Å². The molecule has 2 aromatic carbocycles. The third kappa shape index (κ3) is 6.67. The summed E-state index contributed by atoms with van der Waals surface area (Å²) in [6.07, 6.45) is -5.03. The maximum absolute atomic E-state index is 13.4. The van der Waals surface area contributed by atoms with Gasteiger partial charge in [-0.25, -0.2) is 12.8 Å². The van der Waals surface area contributed by atoms with E-state index >= 15 is 0 Å². The maximum atomic E-state index is 13.4. The lowest BCUT2D eigenvalue weighted by Crippen LogP contribution is -2.26. The van der Waals surface area contributed by atoms with Crippen molar-refractivity contribution in [3.8, 4) is 0 Å². The van der Waals surface area contributed by atoms with Gasteiger partial charge in [-0.1, -0.05) is 0 Å². The van der Waals surface area contributed by atoms with Crippen LogP contribution >= 0.6 is 0 Å². The van der Waals surface area contributed by atoms with Crippen molar-refractivity contribution >= 4 is 27.6 Å². The van der Waals surface area contributed by atoms with Crippen LogP contribution in [0.25, 0.3) is 0 Å². The normalized spacial score (nSPS) is 11.6. The Bertz CT molecular complexity index is 1050. The fraction of sp³-hybridized carbons (Fsp3) is 0.263. The van der Waals surface area contributed by atoms with Gasteiger partial charge in [-0.2, -0.15) is 13.2 Å². The van der Waals surface area contributed by atoms with Gasteiger partial charge in [0.25, 0.3) is 15.9 Å². The van der Waals surface area contributed by atoms with Crippen molar-refractivity contribution in [2.45, 2.75) is 24.4 Å². The quantitative estimate of drug-likeness (QED) is 0.463. The van der Waals surface area contributed by atoms with Gasteiger partial charge in [0.05, 0.1) is 23.5 Å². The molecule has 168 valence electrons. The zero-order valence-corrected chi connectivity index (χ0v) is 16.9. The molecule has 0 spiro atoms. The number of carbonyl (C=O) groups is 2. The monoisotopic (exact) mass is 462 g/mol. The Morgan fingerprint density at radius 1 is 1.06 bits per heavy atom.